The average Bonchev–Trinajstić information content (AvgIpc) is 2.82. The van der Waals surface area contributed by atoms with Gasteiger partial charge in [0, 0.05) is 43.7 Å². The normalized spacial score (nSPS) is 14.0. The van der Waals surface area contributed by atoms with Crippen LogP contribution in [0.2, 0.25) is 0 Å². The van der Waals surface area contributed by atoms with Crippen LogP contribution in [0.4, 0.5) is 4.79 Å². The summed E-state index contributed by atoms with van der Waals surface area (Å²) in [5.41, 5.74) is 3.83. The fourth-order valence-electron chi connectivity index (χ4n) is 3.96. The number of carboxylic acids is 1. The molecule has 1 aliphatic rings. The molecule has 2 heterocycles. The number of carbonyl (C=O) groups excluding carboxylic acids is 1. The van der Waals surface area contributed by atoms with Crippen molar-refractivity contribution in [2.24, 2.45) is 0 Å². The van der Waals surface area contributed by atoms with Crippen LogP contribution >= 0.6 is 0 Å². The van der Waals surface area contributed by atoms with Crippen LogP contribution in [0.1, 0.15) is 35.4 Å². The molecule has 3 aromatic rings. The van der Waals surface area contributed by atoms with Crippen LogP contribution < -0.4 is 9.47 Å². The van der Waals surface area contributed by atoms with Gasteiger partial charge >= 0.3 is 12.1 Å². The molecule has 0 unspecified atom stereocenters. The molecule has 0 atom stereocenters. The summed E-state index contributed by atoms with van der Waals surface area (Å²) in [5.74, 6) is 0.366. The summed E-state index contributed by atoms with van der Waals surface area (Å²) in [7, 11) is 0. The van der Waals surface area contributed by atoms with Gasteiger partial charge in [-0.15, -0.1) is 0 Å². The largest absolute Gasteiger partial charge is 0.490 e. The summed E-state index contributed by atoms with van der Waals surface area (Å²) < 4.78 is 11.6. The van der Waals surface area contributed by atoms with Gasteiger partial charge < -0.3 is 19.5 Å². The second kappa shape index (κ2) is 10.8. The van der Waals surface area contributed by atoms with E-state index in [4.69, 9.17) is 14.6 Å². The van der Waals surface area contributed by atoms with Crippen molar-refractivity contribution < 1.29 is 24.2 Å². The second-order valence-electron chi connectivity index (χ2n) is 8.48. The zero-order chi connectivity index (χ0) is 23.9. The molecule has 7 heteroatoms. The third-order valence-electron chi connectivity index (χ3n) is 5.74. The van der Waals surface area contributed by atoms with E-state index < -0.39 is 5.97 Å². The van der Waals surface area contributed by atoms with Crippen LogP contribution in [-0.2, 0) is 17.6 Å². The van der Waals surface area contributed by atoms with E-state index in [9.17, 15) is 9.59 Å². The molecule has 1 aromatic heterocycles. The van der Waals surface area contributed by atoms with E-state index in [1.54, 1.807) is 29.2 Å². The molecule has 7 nitrogen and oxygen atoms in total. The molecule has 0 radical (unpaired) electrons. The molecular formula is C27H28N2O5. The Kier molecular flexibility index (Phi) is 7.42. The van der Waals surface area contributed by atoms with Gasteiger partial charge in [-0.1, -0.05) is 30.3 Å². The number of carbonyl (C=O) groups is 2. The van der Waals surface area contributed by atoms with Crippen LogP contribution in [0.15, 0.2) is 66.7 Å². The number of hydrogen-bond acceptors (Lipinski definition) is 5. The number of pyridine rings is 1. The molecule has 34 heavy (non-hydrogen) atoms. The summed E-state index contributed by atoms with van der Waals surface area (Å²) in [4.78, 5) is 29.6. The third-order valence-corrected chi connectivity index (χ3v) is 5.74. The SMILES string of the molecule is Cc1cccc(Cc2ccc(OC(=O)N3CCC(Oc4ccc(CC(=O)O)cc4)CC3)cc2)n1. The highest BCUT2D eigenvalue weighted by atomic mass is 16.6. The van der Waals surface area contributed by atoms with E-state index in [-0.39, 0.29) is 18.6 Å². The molecule has 0 bridgehead atoms. The number of carboxylic acid groups (broad SMARTS) is 1. The molecule has 1 saturated heterocycles. The van der Waals surface area contributed by atoms with E-state index in [2.05, 4.69) is 4.98 Å². The number of piperidine rings is 1. The molecule has 0 aliphatic carbocycles. The van der Waals surface area contributed by atoms with Gasteiger partial charge in [0.2, 0.25) is 0 Å². The van der Waals surface area contributed by atoms with Crippen molar-refractivity contribution in [3.8, 4) is 11.5 Å². The van der Waals surface area contributed by atoms with E-state index in [0.29, 0.717) is 37.4 Å². The Morgan fingerprint density at radius 2 is 1.59 bits per heavy atom. The number of amides is 1. The van der Waals surface area contributed by atoms with Gasteiger partial charge in [0.25, 0.3) is 0 Å². The maximum absolute atomic E-state index is 12.6. The molecule has 176 valence electrons. The Balaban J connectivity index is 1.23. The number of aromatic nitrogens is 1. The lowest BCUT2D eigenvalue weighted by Gasteiger charge is -2.31. The predicted molar refractivity (Wildman–Crippen MR) is 127 cm³/mol. The van der Waals surface area contributed by atoms with Crippen molar-refractivity contribution in [2.45, 2.75) is 38.7 Å². The lowest BCUT2D eigenvalue weighted by molar-refractivity contribution is -0.136. The van der Waals surface area contributed by atoms with E-state index >= 15 is 0 Å². The van der Waals surface area contributed by atoms with Crippen molar-refractivity contribution >= 4 is 12.1 Å². The molecule has 1 N–H and O–H groups in total. The quantitative estimate of drug-likeness (QED) is 0.552. The molecule has 4 rings (SSSR count). The van der Waals surface area contributed by atoms with Crippen LogP contribution in [0, 0.1) is 6.92 Å². The molecule has 2 aromatic carbocycles. The number of likely N-dealkylation sites (tertiary alicyclic amines) is 1. The van der Waals surface area contributed by atoms with E-state index in [1.807, 2.05) is 49.4 Å². The van der Waals surface area contributed by atoms with Crippen LogP contribution in [0.25, 0.3) is 0 Å². The van der Waals surface area contributed by atoms with Gasteiger partial charge in [0.1, 0.15) is 17.6 Å². The molecule has 1 amide bonds. The minimum atomic E-state index is -0.858. The summed E-state index contributed by atoms with van der Waals surface area (Å²) in [6, 6.07) is 20.6. The Bertz CT molecular complexity index is 1120. The molecular weight excluding hydrogens is 432 g/mol. The third kappa shape index (κ3) is 6.57. The van der Waals surface area contributed by atoms with Crippen molar-refractivity contribution in [1.29, 1.82) is 0 Å². The van der Waals surface area contributed by atoms with Crippen LogP contribution in [0.3, 0.4) is 0 Å². The molecule has 1 fully saturated rings. The van der Waals surface area contributed by atoms with Crippen LogP contribution in [0.5, 0.6) is 11.5 Å². The Labute approximate surface area is 199 Å². The summed E-state index contributed by atoms with van der Waals surface area (Å²) in [6.07, 6.45) is 1.77. The number of ether oxygens (including phenoxy) is 2. The fourth-order valence-corrected chi connectivity index (χ4v) is 3.96. The number of hydrogen-bond donors (Lipinski definition) is 1. The van der Waals surface area contributed by atoms with Gasteiger partial charge in [-0.25, -0.2) is 4.79 Å². The van der Waals surface area contributed by atoms with Gasteiger partial charge in [0.05, 0.1) is 6.42 Å². The van der Waals surface area contributed by atoms with Crippen molar-refractivity contribution in [1.82, 2.24) is 9.88 Å². The first-order chi connectivity index (χ1) is 16.4. The van der Waals surface area contributed by atoms with Crippen LogP contribution in [-0.4, -0.2) is 46.2 Å². The number of aryl methyl sites for hydroxylation is 1. The Morgan fingerprint density at radius 1 is 0.941 bits per heavy atom. The van der Waals surface area contributed by atoms with E-state index in [1.165, 1.54) is 0 Å². The van der Waals surface area contributed by atoms with Gasteiger partial charge in [-0.2, -0.15) is 0 Å². The number of aliphatic carboxylic acids is 1. The first-order valence-corrected chi connectivity index (χ1v) is 11.4. The minimum Gasteiger partial charge on any atom is -0.490 e. The number of rotatable bonds is 7. The standard InChI is InChI=1S/C27H28N2O5/c1-19-3-2-4-22(28-19)17-20-5-11-24(12-6-20)34-27(32)29-15-13-25(14-16-29)33-23-9-7-21(8-10-23)18-26(30)31/h2-12,25H,13-18H2,1H3,(H,30,31). The highest BCUT2D eigenvalue weighted by Crippen LogP contribution is 2.21. The molecule has 0 saturated carbocycles. The topological polar surface area (TPSA) is 89.0 Å². The number of benzene rings is 2. The number of nitrogens with zero attached hydrogens (tertiary/aromatic N) is 2. The molecule has 1 aliphatic heterocycles. The lowest BCUT2D eigenvalue weighted by atomic mass is 10.1. The summed E-state index contributed by atoms with van der Waals surface area (Å²) >= 11 is 0. The maximum atomic E-state index is 12.6. The monoisotopic (exact) mass is 460 g/mol. The summed E-state index contributed by atoms with van der Waals surface area (Å²) in [6.45, 7) is 3.08. The zero-order valence-corrected chi connectivity index (χ0v) is 19.1. The zero-order valence-electron chi connectivity index (χ0n) is 19.1. The summed E-state index contributed by atoms with van der Waals surface area (Å²) in [5, 5.41) is 8.86. The highest BCUT2D eigenvalue weighted by Gasteiger charge is 2.25. The fraction of sp³-hybridized carbons (Fsp3) is 0.296. The van der Waals surface area contributed by atoms with Crippen molar-refractivity contribution in [3.05, 3.63) is 89.2 Å². The second-order valence-corrected chi connectivity index (χ2v) is 8.48. The smallest absolute Gasteiger partial charge is 0.415 e. The minimum absolute atomic E-state index is 0.00360. The average molecular weight is 461 g/mol. The van der Waals surface area contributed by atoms with Gasteiger partial charge in [-0.3, -0.25) is 9.78 Å². The first-order valence-electron chi connectivity index (χ1n) is 11.4. The lowest BCUT2D eigenvalue weighted by Crippen LogP contribution is -2.43. The van der Waals surface area contributed by atoms with Gasteiger partial charge in [0.15, 0.2) is 0 Å². The first kappa shape index (κ1) is 23.3. The van der Waals surface area contributed by atoms with Gasteiger partial charge in [-0.05, 0) is 54.4 Å². The van der Waals surface area contributed by atoms with Crippen molar-refractivity contribution in [3.63, 3.8) is 0 Å². The predicted octanol–water partition coefficient (Wildman–Crippen LogP) is 4.65. The van der Waals surface area contributed by atoms with Crippen molar-refractivity contribution in [2.75, 3.05) is 13.1 Å². The Morgan fingerprint density at radius 3 is 2.24 bits per heavy atom. The Hall–Kier alpha value is -3.87. The highest BCUT2D eigenvalue weighted by molar-refractivity contribution is 5.71. The molecule has 0 spiro atoms. The van der Waals surface area contributed by atoms with E-state index in [0.717, 1.165) is 28.9 Å². The maximum Gasteiger partial charge on any atom is 0.415 e.